The number of rotatable bonds is 1. The van der Waals surface area contributed by atoms with Crippen LogP contribution in [0.25, 0.3) is 0 Å². The molecule has 0 amide bonds. The molecule has 0 saturated carbocycles. The summed E-state index contributed by atoms with van der Waals surface area (Å²) in [6, 6.07) is 0.579. The van der Waals surface area contributed by atoms with Crippen molar-refractivity contribution in [3.8, 4) is 0 Å². The Morgan fingerprint density at radius 1 is 1.38 bits per heavy atom. The van der Waals surface area contributed by atoms with E-state index in [9.17, 15) is 0 Å². The zero-order valence-electron chi connectivity index (χ0n) is 8.62. The Bertz CT molecular complexity index is 301. The summed E-state index contributed by atoms with van der Waals surface area (Å²) in [6.07, 6.45) is 3.23. The summed E-state index contributed by atoms with van der Waals surface area (Å²) in [5.41, 5.74) is 0. The van der Waals surface area contributed by atoms with Crippen molar-refractivity contribution in [2.45, 2.75) is 39.8 Å². The Labute approximate surface area is 79.4 Å². The number of hydrogen-bond donors (Lipinski definition) is 0. The predicted molar refractivity (Wildman–Crippen MR) is 54.1 cm³/mol. The van der Waals surface area contributed by atoms with Crippen LogP contribution in [0.2, 0.25) is 0 Å². The molecule has 3 nitrogen and oxygen atoms in total. The lowest BCUT2D eigenvalue weighted by Gasteiger charge is -2.33. The SMILES string of the molecule is Cc1ncc2n1CCCN2C(C)C. The number of aromatic nitrogens is 2. The smallest absolute Gasteiger partial charge is 0.128 e. The van der Waals surface area contributed by atoms with Gasteiger partial charge in [-0.2, -0.15) is 0 Å². The van der Waals surface area contributed by atoms with Crippen LogP contribution >= 0.6 is 0 Å². The van der Waals surface area contributed by atoms with Gasteiger partial charge in [-0.1, -0.05) is 0 Å². The molecule has 0 fully saturated rings. The molecular formula is C10H17N3. The van der Waals surface area contributed by atoms with Gasteiger partial charge in [0.1, 0.15) is 11.6 Å². The number of aryl methyl sites for hydroxylation is 1. The molecule has 2 heterocycles. The van der Waals surface area contributed by atoms with E-state index in [-0.39, 0.29) is 0 Å². The molecule has 1 aromatic heterocycles. The van der Waals surface area contributed by atoms with Gasteiger partial charge < -0.3 is 9.47 Å². The van der Waals surface area contributed by atoms with Gasteiger partial charge in [0.25, 0.3) is 0 Å². The second-order valence-corrected chi connectivity index (χ2v) is 3.96. The van der Waals surface area contributed by atoms with Crippen LogP contribution in [0.1, 0.15) is 26.1 Å². The maximum Gasteiger partial charge on any atom is 0.128 e. The van der Waals surface area contributed by atoms with E-state index in [1.807, 2.05) is 6.20 Å². The third-order valence-electron chi connectivity index (χ3n) is 2.73. The van der Waals surface area contributed by atoms with Crippen LogP contribution in [0.5, 0.6) is 0 Å². The van der Waals surface area contributed by atoms with Crippen molar-refractivity contribution in [3.63, 3.8) is 0 Å². The zero-order valence-corrected chi connectivity index (χ0v) is 8.62. The van der Waals surface area contributed by atoms with Crippen molar-refractivity contribution < 1.29 is 0 Å². The molecule has 2 rings (SSSR count). The lowest BCUT2D eigenvalue weighted by atomic mass is 10.2. The van der Waals surface area contributed by atoms with Crippen molar-refractivity contribution >= 4 is 5.82 Å². The first-order valence-electron chi connectivity index (χ1n) is 4.99. The quantitative estimate of drug-likeness (QED) is 0.655. The molecule has 0 aliphatic carbocycles. The third kappa shape index (κ3) is 1.32. The van der Waals surface area contributed by atoms with E-state index in [4.69, 9.17) is 0 Å². The van der Waals surface area contributed by atoms with Gasteiger partial charge in [0, 0.05) is 19.1 Å². The molecule has 13 heavy (non-hydrogen) atoms. The van der Waals surface area contributed by atoms with Crippen molar-refractivity contribution in [2.75, 3.05) is 11.4 Å². The lowest BCUT2D eigenvalue weighted by molar-refractivity contribution is 0.524. The van der Waals surface area contributed by atoms with Crippen LogP contribution in [0, 0.1) is 6.92 Å². The van der Waals surface area contributed by atoms with E-state index < -0.39 is 0 Å². The predicted octanol–water partition coefficient (Wildman–Crippen LogP) is 1.81. The van der Waals surface area contributed by atoms with E-state index in [1.165, 1.54) is 18.8 Å². The topological polar surface area (TPSA) is 21.1 Å². The summed E-state index contributed by atoms with van der Waals surface area (Å²) in [7, 11) is 0. The number of imidazole rings is 1. The standard InChI is InChI=1S/C10H17N3/c1-8(2)12-5-4-6-13-9(3)11-7-10(12)13/h7-8H,4-6H2,1-3H3. The number of nitrogens with zero attached hydrogens (tertiary/aromatic N) is 3. The fourth-order valence-corrected chi connectivity index (χ4v) is 2.00. The summed E-state index contributed by atoms with van der Waals surface area (Å²) in [5.74, 6) is 2.43. The molecule has 0 radical (unpaired) electrons. The number of hydrogen-bond acceptors (Lipinski definition) is 2. The van der Waals surface area contributed by atoms with Crippen molar-refractivity contribution in [2.24, 2.45) is 0 Å². The molecule has 1 aromatic rings. The normalized spacial score (nSPS) is 16.5. The van der Waals surface area contributed by atoms with E-state index in [2.05, 4.69) is 35.2 Å². The molecule has 0 N–H and O–H groups in total. The highest BCUT2D eigenvalue weighted by Crippen LogP contribution is 2.23. The van der Waals surface area contributed by atoms with Crippen LogP contribution in [-0.4, -0.2) is 22.1 Å². The summed E-state index contributed by atoms with van der Waals surface area (Å²) in [6.45, 7) is 8.84. The molecule has 3 heteroatoms. The largest absolute Gasteiger partial charge is 0.354 e. The van der Waals surface area contributed by atoms with Gasteiger partial charge >= 0.3 is 0 Å². The average molecular weight is 179 g/mol. The average Bonchev–Trinajstić information content (AvgIpc) is 2.48. The second kappa shape index (κ2) is 3.05. The third-order valence-corrected chi connectivity index (χ3v) is 2.73. The second-order valence-electron chi connectivity index (χ2n) is 3.96. The Morgan fingerprint density at radius 2 is 2.15 bits per heavy atom. The fourth-order valence-electron chi connectivity index (χ4n) is 2.00. The molecule has 0 atom stereocenters. The van der Waals surface area contributed by atoms with Gasteiger partial charge in [-0.05, 0) is 27.2 Å². The summed E-state index contributed by atoms with van der Waals surface area (Å²) in [5, 5.41) is 0. The summed E-state index contributed by atoms with van der Waals surface area (Å²) >= 11 is 0. The fraction of sp³-hybridized carbons (Fsp3) is 0.700. The van der Waals surface area contributed by atoms with E-state index in [1.54, 1.807) is 0 Å². The molecule has 0 unspecified atom stereocenters. The molecule has 0 bridgehead atoms. The first-order valence-corrected chi connectivity index (χ1v) is 4.99. The summed E-state index contributed by atoms with van der Waals surface area (Å²) in [4.78, 5) is 6.77. The van der Waals surface area contributed by atoms with Crippen LogP contribution in [0.4, 0.5) is 5.82 Å². The number of anilines is 1. The van der Waals surface area contributed by atoms with Crippen LogP contribution < -0.4 is 4.90 Å². The highest BCUT2D eigenvalue weighted by atomic mass is 15.3. The molecular weight excluding hydrogens is 162 g/mol. The minimum Gasteiger partial charge on any atom is -0.354 e. The van der Waals surface area contributed by atoms with Crippen molar-refractivity contribution in [1.82, 2.24) is 9.55 Å². The molecule has 0 spiro atoms. The molecule has 1 aliphatic heterocycles. The highest BCUT2D eigenvalue weighted by molar-refractivity contribution is 5.41. The highest BCUT2D eigenvalue weighted by Gasteiger charge is 2.20. The van der Waals surface area contributed by atoms with Gasteiger partial charge in [0.2, 0.25) is 0 Å². The van der Waals surface area contributed by atoms with E-state index in [0.717, 1.165) is 12.4 Å². The maximum absolute atomic E-state index is 4.35. The maximum atomic E-state index is 4.35. The van der Waals surface area contributed by atoms with Crippen LogP contribution in [-0.2, 0) is 6.54 Å². The molecule has 0 saturated heterocycles. The van der Waals surface area contributed by atoms with Gasteiger partial charge in [0.05, 0.1) is 6.20 Å². The van der Waals surface area contributed by atoms with Crippen LogP contribution in [0.15, 0.2) is 6.20 Å². The van der Waals surface area contributed by atoms with E-state index >= 15 is 0 Å². The Balaban J connectivity index is 2.38. The van der Waals surface area contributed by atoms with Crippen molar-refractivity contribution in [3.05, 3.63) is 12.0 Å². The number of fused-ring (bicyclic) bond motifs is 1. The molecule has 0 aromatic carbocycles. The molecule has 1 aliphatic rings. The van der Waals surface area contributed by atoms with E-state index in [0.29, 0.717) is 6.04 Å². The minimum absolute atomic E-state index is 0.579. The first kappa shape index (κ1) is 8.60. The zero-order chi connectivity index (χ0) is 9.42. The Morgan fingerprint density at radius 3 is 2.85 bits per heavy atom. The Hall–Kier alpha value is -0.990. The first-order chi connectivity index (χ1) is 6.20. The van der Waals surface area contributed by atoms with Crippen molar-refractivity contribution in [1.29, 1.82) is 0 Å². The Kier molecular flexibility index (Phi) is 2.02. The minimum atomic E-state index is 0.579. The monoisotopic (exact) mass is 179 g/mol. The van der Waals surface area contributed by atoms with Crippen LogP contribution in [0.3, 0.4) is 0 Å². The van der Waals surface area contributed by atoms with Gasteiger partial charge in [-0.25, -0.2) is 4.98 Å². The van der Waals surface area contributed by atoms with Gasteiger partial charge in [0.15, 0.2) is 0 Å². The van der Waals surface area contributed by atoms with Gasteiger partial charge in [-0.3, -0.25) is 0 Å². The van der Waals surface area contributed by atoms with Gasteiger partial charge in [-0.15, -0.1) is 0 Å². The lowest BCUT2D eigenvalue weighted by Crippen LogP contribution is -2.37. The molecule has 72 valence electrons. The summed E-state index contributed by atoms with van der Waals surface area (Å²) < 4.78 is 2.31.